The number of aldehydes is 1. The van der Waals surface area contributed by atoms with E-state index < -0.39 is 6.09 Å². The number of imidazole rings is 1. The second-order valence-corrected chi connectivity index (χ2v) is 5.42. The van der Waals surface area contributed by atoms with E-state index in [0.717, 1.165) is 11.3 Å². The van der Waals surface area contributed by atoms with Crippen LogP contribution in [0.5, 0.6) is 6.01 Å². The summed E-state index contributed by atoms with van der Waals surface area (Å²) in [5.41, 5.74) is 2.40. The highest BCUT2D eigenvalue weighted by molar-refractivity contribution is 5.85. The topological polar surface area (TPSA) is 106 Å². The van der Waals surface area contributed by atoms with Gasteiger partial charge in [0.1, 0.15) is 11.4 Å². The smallest absolute Gasteiger partial charge is 0.404 e. The van der Waals surface area contributed by atoms with Gasteiger partial charge in [-0.05, 0) is 18.1 Å². The maximum Gasteiger partial charge on any atom is 0.404 e. The number of aromatic nitrogens is 3. The fourth-order valence-electron chi connectivity index (χ4n) is 2.49. The van der Waals surface area contributed by atoms with Crippen molar-refractivity contribution in [2.75, 3.05) is 13.7 Å². The van der Waals surface area contributed by atoms with Crippen molar-refractivity contribution in [2.45, 2.75) is 26.3 Å². The fourth-order valence-corrected chi connectivity index (χ4v) is 2.49. The van der Waals surface area contributed by atoms with E-state index in [1.54, 1.807) is 16.8 Å². The molecule has 24 heavy (non-hydrogen) atoms. The Hall–Kier alpha value is -2.90. The van der Waals surface area contributed by atoms with Gasteiger partial charge in [0.15, 0.2) is 6.29 Å². The van der Waals surface area contributed by atoms with Crippen molar-refractivity contribution in [1.29, 1.82) is 0 Å². The largest absolute Gasteiger partial charge is 0.468 e. The predicted molar refractivity (Wildman–Crippen MR) is 87.5 cm³/mol. The van der Waals surface area contributed by atoms with Gasteiger partial charge in [0.25, 0.3) is 6.01 Å². The minimum Gasteiger partial charge on any atom is -0.468 e. The number of carbonyl (C=O) groups excluding carboxylic acids is 1. The zero-order valence-electron chi connectivity index (χ0n) is 13.8. The number of ether oxygens (including phenoxy) is 1. The number of nitrogens with one attached hydrogen (secondary N) is 1. The second-order valence-electron chi connectivity index (χ2n) is 5.42. The molecule has 0 bridgehead atoms. The number of hydrogen-bond acceptors (Lipinski definition) is 5. The summed E-state index contributed by atoms with van der Waals surface area (Å²) in [6.45, 7) is 4.38. The maximum atomic E-state index is 11.7. The molecule has 0 aliphatic rings. The molecule has 8 nitrogen and oxygen atoms in total. The lowest BCUT2D eigenvalue weighted by Gasteiger charge is -2.10. The number of rotatable bonds is 7. The van der Waals surface area contributed by atoms with Crippen molar-refractivity contribution in [2.24, 2.45) is 0 Å². The highest BCUT2D eigenvalue weighted by atomic mass is 16.5. The Bertz CT molecular complexity index is 740. The lowest BCUT2D eigenvalue weighted by molar-refractivity contribution is 0.111. The van der Waals surface area contributed by atoms with E-state index in [1.165, 1.54) is 7.11 Å². The molecule has 0 saturated heterocycles. The quantitative estimate of drug-likeness (QED) is 0.753. The van der Waals surface area contributed by atoms with Gasteiger partial charge in [0, 0.05) is 24.8 Å². The average Bonchev–Trinajstić information content (AvgIpc) is 2.92. The summed E-state index contributed by atoms with van der Waals surface area (Å²) in [5.74, 6) is 0.158. The highest BCUT2D eigenvalue weighted by Crippen LogP contribution is 2.31. The average molecular weight is 332 g/mol. The van der Waals surface area contributed by atoms with Gasteiger partial charge in [-0.3, -0.25) is 14.3 Å². The number of nitrogens with zero attached hydrogens (tertiary/aromatic N) is 3. The van der Waals surface area contributed by atoms with Gasteiger partial charge < -0.3 is 15.2 Å². The van der Waals surface area contributed by atoms with Crippen LogP contribution in [0.25, 0.3) is 11.3 Å². The lowest BCUT2D eigenvalue weighted by Crippen LogP contribution is -2.25. The van der Waals surface area contributed by atoms with E-state index in [4.69, 9.17) is 9.84 Å². The molecule has 0 unspecified atom stereocenters. The van der Waals surface area contributed by atoms with Crippen molar-refractivity contribution in [3.63, 3.8) is 0 Å². The molecule has 0 atom stereocenters. The van der Waals surface area contributed by atoms with E-state index in [9.17, 15) is 9.59 Å². The van der Waals surface area contributed by atoms with Crippen LogP contribution in [0, 0.1) is 0 Å². The van der Waals surface area contributed by atoms with Crippen LogP contribution in [-0.4, -0.2) is 45.7 Å². The molecular formula is C16H20N4O4. The molecule has 1 amide bonds. The van der Waals surface area contributed by atoms with Gasteiger partial charge >= 0.3 is 6.09 Å². The predicted octanol–water partition coefficient (Wildman–Crippen LogP) is 2.16. The highest BCUT2D eigenvalue weighted by Gasteiger charge is 2.22. The lowest BCUT2D eigenvalue weighted by atomic mass is 10.0. The number of carbonyl (C=O) groups is 2. The van der Waals surface area contributed by atoms with E-state index in [-0.39, 0.29) is 25.0 Å². The van der Waals surface area contributed by atoms with Crippen molar-refractivity contribution < 1.29 is 19.4 Å². The number of methoxy groups -OCH3 is 1. The maximum absolute atomic E-state index is 11.7. The van der Waals surface area contributed by atoms with Crippen LogP contribution < -0.4 is 10.1 Å². The number of pyridine rings is 1. The Labute approximate surface area is 139 Å². The van der Waals surface area contributed by atoms with Gasteiger partial charge in [-0.1, -0.05) is 13.8 Å². The van der Waals surface area contributed by atoms with E-state index >= 15 is 0 Å². The molecule has 2 aromatic rings. The van der Waals surface area contributed by atoms with E-state index in [2.05, 4.69) is 15.3 Å². The first-order valence-corrected chi connectivity index (χ1v) is 7.51. The van der Waals surface area contributed by atoms with Crippen LogP contribution in [0.3, 0.4) is 0 Å². The Balaban J connectivity index is 2.50. The van der Waals surface area contributed by atoms with E-state index in [1.807, 2.05) is 19.9 Å². The summed E-state index contributed by atoms with van der Waals surface area (Å²) in [7, 11) is 1.45. The first-order chi connectivity index (χ1) is 11.5. The summed E-state index contributed by atoms with van der Waals surface area (Å²) in [5, 5.41) is 10.9. The van der Waals surface area contributed by atoms with Crippen LogP contribution >= 0.6 is 0 Å². The van der Waals surface area contributed by atoms with E-state index in [0.29, 0.717) is 17.7 Å². The van der Waals surface area contributed by atoms with Gasteiger partial charge in [0.2, 0.25) is 0 Å². The molecule has 0 radical (unpaired) electrons. The van der Waals surface area contributed by atoms with Gasteiger partial charge in [-0.25, -0.2) is 4.79 Å². The minimum atomic E-state index is -1.13. The van der Waals surface area contributed by atoms with Crippen LogP contribution in [0.4, 0.5) is 4.79 Å². The molecule has 8 heteroatoms. The molecule has 2 N–H and O–H groups in total. The van der Waals surface area contributed by atoms with Crippen LogP contribution in [0.1, 0.15) is 35.9 Å². The third-order valence-corrected chi connectivity index (χ3v) is 3.52. The molecule has 2 heterocycles. The first-order valence-electron chi connectivity index (χ1n) is 7.51. The molecule has 2 aromatic heterocycles. The minimum absolute atomic E-state index is 0.131. The molecule has 0 aliphatic carbocycles. The molecule has 0 saturated carbocycles. The normalized spacial score (nSPS) is 10.7. The second kappa shape index (κ2) is 7.58. The van der Waals surface area contributed by atoms with Crippen molar-refractivity contribution >= 4 is 12.4 Å². The molecule has 2 rings (SSSR count). The summed E-state index contributed by atoms with van der Waals surface area (Å²) >= 11 is 0. The summed E-state index contributed by atoms with van der Waals surface area (Å²) in [6, 6.07) is 3.89. The van der Waals surface area contributed by atoms with Gasteiger partial charge in [0.05, 0.1) is 12.8 Å². The van der Waals surface area contributed by atoms with Gasteiger partial charge in [-0.2, -0.15) is 4.98 Å². The molecule has 0 fully saturated rings. The molecular weight excluding hydrogens is 312 g/mol. The molecule has 0 aromatic carbocycles. The summed E-state index contributed by atoms with van der Waals surface area (Å²) < 4.78 is 6.80. The fraction of sp³-hybridized carbons (Fsp3) is 0.375. The number of hydrogen-bond donors (Lipinski definition) is 2. The van der Waals surface area contributed by atoms with Crippen LogP contribution in [-0.2, 0) is 6.54 Å². The third-order valence-electron chi connectivity index (χ3n) is 3.52. The van der Waals surface area contributed by atoms with Crippen molar-refractivity contribution in [3.8, 4) is 17.3 Å². The SMILES string of the molecule is COc1nc(-c2cccnc2C(C)C)c(C=O)n1CCNC(=O)O. The Morgan fingerprint density at radius 2 is 2.25 bits per heavy atom. The summed E-state index contributed by atoms with van der Waals surface area (Å²) in [6.07, 6.45) is 1.27. The van der Waals surface area contributed by atoms with Gasteiger partial charge in [-0.15, -0.1) is 0 Å². The third kappa shape index (κ3) is 3.53. The van der Waals surface area contributed by atoms with Crippen molar-refractivity contribution in [3.05, 3.63) is 29.7 Å². The van der Waals surface area contributed by atoms with Crippen LogP contribution in [0.15, 0.2) is 18.3 Å². The number of carboxylic acid groups (broad SMARTS) is 1. The Morgan fingerprint density at radius 1 is 1.50 bits per heavy atom. The van der Waals surface area contributed by atoms with Crippen molar-refractivity contribution in [1.82, 2.24) is 19.9 Å². The monoisotopic (exact) mass is 332 g/mol. The molecule has 128 valence electrons. The Kier molecular flexibility index (Phi) is 5.51. The molecule has 0 aliphatic heterocycles. The molecule has 0 spiro atoms. The number of amides is 1. The van der Waals surface area contributed by atoms with Crippen LogP contribution in [0.2, 0.25) is 0 Å². The standard InChI is InChI=1S/C16H20N4O4/c1-10(2)13-11(5-4-6-17-13)14-12(9-21)20(15(19-14)24-3)8-7-18-16(22)23/h4-6,9-10,18H,7-8H2,1-3H3,(H,22,23). The zero-order valence-corrected chi connectivity index (χ0v) is 13.8. The Morgan fingerprint density at radius 3 is 2.83 bits per heavy atom. The first kappa shape index (κ1) is 17.5. The zero-order chi connectivity index (χ0) is 17.7. The summed E-state index contributed by atoms with van der Waals surface area (Å²) in [4.78, 5) is 31.0.